The maximum atomic E-state index is 12.9. The van der Waals surface area contributed by atoms with Crippen molar-refractivity contribution in [3.05, 3.63) is 23.8 Å². The summed E-state index contributed by atoms with van der Waals surface area (Å²) in [5.41, 5.74) is 4.51. The molecule has 4 nitrogen and oxygen atoms in total. The van der Waals surface area contributed by atoms with Crippen LogP contribution in [0.1, 0.15) is 18.9 Å². The van der Waals surface area contributed by atoms with Crippen LogP contribution in [0, 0.1) is 5.92 Å². The lowest BCUT2D eigenvalue weighted by molar-refractivity contribution is -0.142. The molecule has 0 saturated carbocycles. The summed E-state index contributed by atoms with van der Waals surface area (Å²) >= 11 is 0. The Hall–Kier alpha value is -1.22. The lowest BCUT2D eigenvalue weighted by atomic mass is 10.0. The second-order valence-electron chi connectivity index (χ2n) is 5.20. The molecule has 0 aliphatic carbocycles. The number of nitrogens with two attached hydrogens (primary N) is 1. The monoisotopic (exact) mass is 370 g/mol. The number of anilines is 2. The van der Waals surface area contributed by atoms with Gasteiger partial charge in [-0.2, -0.15) is 40.2 Å². The first-order chi connectivity index (χ1) is 9.75. The standard InChI is InChI=1S/C14H17F3N2O2.2H2S/c1-8-5-6-19(12(8)13(20)21-2)9-3-4-11(18)10(7-9)14(15,16)17;;/h3-4,7-8,12H,5-6,18H2,1-2H3;2*1H2/t8-,12-;;/m0../s1. The van der Waals surface area contributed by atoms with Gasteiger partial charge in [-0.25, -0.2) is 4.79 Å². The van der Waals surface area contributed by atoms with Crippen LogP contribution in [0.2, 0.25) is 0 Å². The summed E-state index contributed by atoms with van der Waals surface area (Å²) in [6, 6.07) is 3.14. The Bertz CT molecular complexity index is 555. The summed E-state index contributed by atoms with van der Waals surface area (Å²) in [6.07, 6.45) is -3.81. The van der Waals surface area contributed by atoms with Gasteiger partial charge in [0.1, 0.15) is 6.04 Å². The number of hydrogen-bond acceptors (Lipinski definition) is 4. The number of carbonyl (C=O) groups excluding carboxylic acids is 1. The van der Waals surface area contributed by atoms with Gasteiger partial charge >= 0.3 is 12.1 Å². The predicted molar refractivity (Wildman–Crippen MR) is 93.5 cm³/mol. The van der Waals surface area contributed by atoms with E-state index >= 15 is 0 Å². The molecule has 1 aliphatic rings. The summed E-state index contributed by atoms with van der Waals surface area (Å²) in [5.74, 6) is -0.422. The molecule has 0 unspecified atom stereocenters. The van der Waals surface area contributed by atoms with Crippen molar-refractivity contribution in [1.29, 1.82) is 0 Å². The largest absolute Gasteiger partial charge is 0.467 e. The molecule has 0 radical (unpaired) electrons. The second kappa shape index (κ2) is 8.05. The molecule has 1 fully saturated rings. The minimum absolute atomic E-state index is 0. The number of carbonyl (C=O) groups is 1. The highest BCUT2D eigenvalue weighted by atomic mass is 32.1. The van der Waals surface area contributed by atoms with E-state index in [1.165, 1.54) is 19.2 Å². The number of nitrogen functional groups attached to an aromatic ring is 1. The van der Waals surface area contributed by atoms with E-state index in [0.29, 0.717) is 18.7 Å². The highest BCUT2D eigenvalue weighted by Crippen LogP contribution is 2.38. The van der Waals surface area contributed by atoms with Crippen LogP contribution in [0.25, 0.3) is 0 Å². The Morgan fingerprint density at radius 1 is 1.35 bits per heavy atom. The van der Waals surface area contributed by atoms with Crippen molar-refractivity contribution >= 4 is 44.3 Å². The average molecular weight is 370 g/mol. The molecule has 2 rings (SSSR count). The summed E-state index contributed by atoms with van der Waals surface area (Å²) < 4.78 is 43.5. The van der Waals surface area contributed by atoms with Gasteiger partial charge in [-0.05, 0) is 30.5 Å². The quantitative estimate of drug-likeness (QED) is 0.642. The SMILES string of the molecule is COC(=O)[C@@H]1[C@@H](C)CCN1c1ccc(N)c(C(F)(F)F)c1.S.S. The Balaban J connectivity index is 0.00000242. The maximum Gasteiger partial charge on any atom is 0.418 e. The van der Waals surface area contributed by atoms with E-state index in [9.17, 15) is 18.0 Å². The minimum Gasteiger partial charge on any atom is -0.467 e. The number of hydrogen-bond donors (Lipinski definition) is 1. The van der Waals surface area contributed by atoms with E-state index in [1.807, 2.05) is 6.92 Å². The number of alkyl halides is 3. The van der Waals surface area contributed by atoms with Gasteiger partial charge in [0.05, 0.1) is 12.7 Å². The van der Waals surface area contributed by atoms with Crippen LogP contribution in [-0.2, 0) is 15.7 Å². The van der Waals surface area contributed by atoms with Crippen LogP contribution >= 0.6 is 27.0 Å². The Kier molecular flexibility index (Phi) is 7.62. The fourth-order valence-electron chi connectivity index (χ4n) is 2.69. The molecule has 9 heteroatoms. The number of ether oxygens (including phenoxy) is 1. The zero-order chi connectivity index (χ0) is 15.8. The first-order valence-electron chi connectivity index (χ1n) is 6.57. The third-order valence-electron chi connectivity index (χ3n) is 3.82. The van der Waals surface area contributed by atoms with E-state index in [2.05, 4.69) is 0 Å². The summed E-state index contributed by atoms with van der Waals surface area (Å²) in [5, 5.41) is 0. The Morgan fingerprint density at radius 2 is 1.96 bits per heavy atom. The number of nitrogens with zero attached hydrogens (tertiary/aromatic N) is 1. The first-order valence-corrected chi connectivity index (χ1v) is 6.57. The fraction of sp³-hybridized carbons (Fsp3) is 0.500. The maximum absolute atomic E-state index is 12.9. The lowest BCUT2D eigenvalue weighted by Crippen LogP contribution is -2.40. The molecule has 1 aliphatic heterocycles. The molecule has 0 spiro atoms. The third kappa shape index (κ3) is 4.41. The van der Waals surface area contributed by atoms with Gasteiger partial charge in [0, 0.05) is 17.9 Å². The Morgan fingerprint density at radius 3 is 2.48 bits per heavy atom. The second-order valence-corrected chi connectivity index (χ2v) is 5.20. The summed E-state index contributed by atoms with van der Waals surface area (Å²) in [4.78, 5) is 13.5. The lowest BCUT2D eigenvalue weighted by Gasteiger charge is -2.27. The number of benzene rings is 1. The molecule has 1 aromatic rings. The summed E-state index contributed by atoms with van der Waals surface area (Å²) in [7, 11) is 1.27. The smallest absolute Gasteiger partial charge is 0.418 e. The van der Waals surface area contributed by atoms with Crippen LogP contribution < -0.4 is 10.6 Å². The van der Waals surface area contributed by atoms with Crippen LogP contribution in [0.4, 0.5) is 24.5 Å². The molecular formula is C14H21F3N2O2S2. The fourth-order valence-corrected chi connectivity index (χ4v) is 2.69. The number of halogens is 3. The highest BCUT2D eigenvalue weighted by molar-refractivity contribution is 7.59. The van der Waals surface area contributed by atoms with E-state index in [0.717, 1.165) is 6.07 Å². The minimum atomic E-state index is -4.52. The third-order valence-corrected chi connectivity index (χ3v) is 3.82. The zero-order valence-electron chi connectivity index (χ0n) is 12.8. The molecular weight excluding hydrogens is 349 g/mol. The predicted octanol–water partition coefficient (Wildman–Crippen LogP) is 2.90. The molecule has 1 saturated heterocycles. The van der Waals surface area contributed by atoms with Crippen LogP contribution in [-0.4, -0.2) is 25.7 Å². The van der Waals surface area contributed by atoms with Crippen molar-refractivity contribution in [3.63, 3.8) is 0 Å². The molecule has 1 heterocycles. The van der Waals surface area contributed by atoms with Crippen molar-refractivity contribution in [2.24, 2.45) is 5.92 Å². The molecule has 1 aromatic carbocycles. The normalized spacial score (nSPS) is 20.5. The van der Waals surface area contributed by atoms with Crippen LogP contribution in [0.15, 0.2) is 18.2 Å². The summed E-state index contributed by atoms with van der Waals surface area (Å²) in [6.45, 7) is 2.38. The van der Waals surface area contributed by atoms with Crippen molar-refractivity contribution in [3.8, 4) is 0 Å². The van der Waals surface area contributed by atoms with Gasteiger partial charge in [0.15, 0.2) is 0 Å². The van der Waals surface area contributed by atoms with Gasteiger partial charge in [-0.3, -0.25) is 0 Å². The number of rotatable bonds is 2. The van der Waals surface area contributed by atoms with Gasteiger partial charge < -0.3 is 15.4 Å². The van der Waals surface area contributed by atoms with Gasteiger partial charge in [-0.15, -0.1) is 0 Å². The van der Waals surface area contributed by atoms with E-state index in [-0.39, 0.29) is 38.6 Å². The van der Waals surface area contributed by atoms with Crippen LogP contribution in [0.3, 0.4) is 0 Å². The molecule has 0 aromatic heterocycles. The molecule has 2 atom stereocenters. The van der Waals surface area contributed by atoms with Crippen molar-refractivity contribution in [1.82, 2.24) is 0 Å². The molecule has 23 heavy (non-hydrogen) atoms. The van der Waals surface area contributed by atoms with Crippen LogP contribution in [0.5, 0.6) is 0 Å². The Labute approximate surface area is 147 Å². The number of esters is 1. The molecule has 2 N–H and O–H groups in total. The average Bonchev–Trinajstić information content (AvgIpc) is 2.79. The van der Waals surface area contributed by atoms with E-state index in [4.69, 9.17) is 10.5 Å². The van der Waals surface area contributed by atoms with E-state index < -0.39 is 23.8 Å². The molecule has 0 bridgehead atoms. The van der Waals surface area contributed by atoms with E-state index in [1.54, 1.807) is 4.90 Å². The van der Waals surface area contributed by atoms with Gasteiger partial charge in [-0.1, -0.05) is 6.92 Å². The molecule has 132 valence electrons. The first kappa shape index (κ1) is 21.8. The van der Waals surface area contributed by atoms with Crippen molar-refractivity contribution < 1.29 is 22.7 Å². The van der Waals surface area contributed by atoms with Gasteiger partial charge in [0.2, 0.25) is 0 Å². The highest BCUT2D eigenvalue weighted by Gasteiger charge is 2.39. The topological polar surface area (TPSA) is 55.6 Å². The van der Waals surface area contributed by atoms with Crippen molar-refractivity contribution in [2.45, 2.75) is 25.6 Å². The zero-order valence-corrected chi connectivity index (χ0v) is 14.8. The van der Waals surface area contributed by atoms with Crippen molar-refractivity contribution in [2.75, 3.05) is 24.3 Å². The molecule has 0 amide bonds. The van der Waals surface area contributed by atoms with Gasteiger partial charge in [0.25, 0.3) is 0 Å². The number of methoxy groups -OCH3 is 1.